The van der Waals surface area contributed by atoms with Gasteiger partial charge in [-0.05, 0) is 19.4 Å². The van der Waals surface area contributed by atoms with Gasteiger partial charge < -0.3 is 19.5 Å². The Morgan fingerprint density at radius 1 is 1.10 bits per heavy atom. The second-order valence-electron chi connectivity index (χ2n) is 7.60. The Morgan fingerprint density at radius 3 is 2.37 bits per heavy atom. The number of benzene rings is 1. The average molecular weight is 436 g/mol. The molecule has 0 aliphatic carbocycles. The molecule has 1 aromatic heterocycles. The predicted molar refractivity (Wildman–Crippen MR) is 110 cm³/mol. The van der Waals surface area contributed by atoms with Gasteiger partial charge in [0.05, 0.1) is 44.6 Å². The molecule has 30 heavy (non-hydrogen) atoms. The Bertz CT molecular complexity index is 1110. The largest absolute Gasteiger partial charge is 0.496 e. The van der Waals surface area contributed by atoms with Crippen LogP contribution in [0.4, 0.5) is 5.82 Å². The van der Waals surface area contributed by atoms with E-state index in [1.165, 1.54) is 0 Å². The van der Waals surface area contributed by atoms with Crippen LogP contribution in [0.1, 0.15) is 41.6 Å². The fourth-order valence-corrected chi connectivity index (χ4v) is 6.09. The van der Waals surface area contributed by atoms with Crippen LogP contribution in [0.15, 0.2) is 12.1 Å². The summed E-state index contributed by atoms with van der Waals surface area (Å²) in [7, 11) is 1.57. The zero-order chi connectivity index (χ0) is 21.6. The Labute approximate surface area is 175 Å². The number of aromatic nitrogens is 2. The quantitative estimate of drug-likeness (QED) is 0.766. The van der Waals surface area contributed by atoms with E-state index < -0.39 is 9.84 Å². The van der Waals surface area contributed by atoms with E-state index in [9.17, 15) is 13.2 Å². The van der Waals surface area contributed by atoms with Crippen molar-refractivity contribution < 1.29 is 27.4 Å². The first-order valence-corrected chi connectivity index (χ1v) is 11.5. The highest BCUT2D eigenvalue weighted by molar-refractivity contribution is 7.91. The normalized spacial score (nSPS) is 22.3. The number of hydrogen-bond donors (Lipinski definition) is 1. The Kier molecular flexibility index (Phi) is 5.13. The highest BCUT2D eigenvalue weighted by Crippen LogP contribution is 2.46. The lowest BCUT2D eigenvalue weighted by Gasteiger charge is -2.27. The molecular weight excluding hydrogens is 410 g/mol. The van der Waals surface area contributed by atoms with Crippen LogP contribution in [0.25, 0.3) is 0 Å². The SMILES string of the molecule is COc1cc(OC)c([C@@H]2CC(=O)Nc3c2c(C)nn3[C@H]2CCS(=O)(=O)C2)cc1OC. The number of anilines is 1. The molecule has 1 N–H and O–H groups in total. The van der Waals surface area contributed by atoms with Crippen molar-refractivity contribution in [3.63, 3.8) is 0 Å². The van der Waals surface area contributed by atoms with Gasteiger partial charge in [0.15, 0.2) is 21.3 Å². The number of carbonyl (C=O) groups is 1. The van der Waals surface area contributed by atoms with Crippen LogP contribution in [0, 0.1) is 6.92 Å². The number of amides is 1. The molecule has 2 atom stereocenters. The molecule has 2 aliphatic heterocycles. The number of aryl methyl sites for hydroxylation is 1. The number of nitrogens with one attached hydrogen (secondary N) is 1. The molecule has 1 aromatic carbocycles. The van der Waals surface area contributed by atoms with E-state index in [0.29, 0.717) is 29.5 Å². The summed E-state index contributed by atoms with van der Waals surface area (Å²) in [5.41, 5.74) is 2.40. The van der Waals surface area contributed by atoms with Crippen LogP contribution in [0.2, 0.25) is 0 Å². The Hall–Kier alpha value is -2.75. The van der Waals surface area contributed by atoms with Crippen molar-refractivity contribution in [2.75, 3.05) is 38.2 Å². The van der Waals surface area contributed by atoms with E-state index in [2.05, 4.69) is 10.4 Å². The molecule has 10 heteroatoms. The van der Waals surface area contributed by atoms with Gasteiger partial charge in [-0.3, -0.25) is 4.79 Å². The lowest BCUT2D eigenvalue weighted by atomic mass is 9.85. The summed E-state index contributed by atoms with van der Waals surface area (Å²) >= 11 is 0. The highest BCUT2D eigenvalue weighted by atomic mass is 32.2. The maximum atomic E-state index is 12.6. The molecule has 0 radical (unpaired) electrons. The number of hydrogen-bond acceptors (Lipinski definition) is 7. The van der Waals surface area contributed by atoms with Crippen molar-refractivity contribution in [1.82, 2.24) is 9.78 Å². The molecule has 0 bridgehead atoms. The summed E-state index contributed by atoms with van der Waals surface area (Å²) < 4.78 is 42.1. The van der Waals surface area contributed by atoms with Gasteiger partial charge in [-0.1, -0.05) is 0 Å². The minimum Gasteiger partial charge on any atom is -0.496 e. The second kappa shape index (κ2) is 7.50. The van der Waals surface area contributed by atoms with Gasteiger partial charge >= 0.3 is 0 Å². The van der Waals surface area contributed by atoms with E-state index in [-0.39, 0.29) is 35.8 Å². The third-order valence-corrected chi connectivity index (χ3v) is 7.54. The first kappa shape index (κ1) is 20.5. The van der Waals surface area contributed by atoms with E-state index in [1.807, 2.05) is 13.0 Å². The van der Waals surface area contributed by atoms with E-state index in [1.54, 1.807) is 32.1 Å². The summed E-state index contributed by atoms with van der Waals surface area (Å²) in [6.07, 6.45) is 0.699. The minimum absolute atomic E-state index is 0.0285. The molecule has 2 aliphatic rings. The first-order valence-electron chi connectivity index (χ1n) is 9.67. The molecule has 2 aromatic rings. The molecule has 0 spiro atoms. The third-order valence-electron chi connectivity index (χ3n) is 5.79. The van der Waals surface area contributed by atoms with Crippen LogP contribution in [0.5, 0.6) is 17.2 Å². The molecule has 1 amide bonds. The Balaban J connectivity index is 1.85. The number of ether oxygens (including phenoxy) is 3. The number of methoxy groups -OCH3 is 3. The van der Waals surface area contributed by atoms with E-state index in [0.717, 1.165) is 16.8 Å². The fraction of sp³-hybridized carbons (Fsp3) is 0.500. The molecule has 1 fully saturated rings. The standard InChI is InChI=1S/C20H25N3O6S/c1-11-19-14(13-7-16(28-3)17(29-4)9-15(13)27-2)8-18(24)21-20(19)23(22-11)12-5-6-30(25,26)10-12/h7,9,12,14H,5-6,8,10H2,1-4H3,(H,21,24)/t12-,14-/m0/s1. The van der Waals surface area contributed by atoms with Crippen LogP contribution in [-0.2, 0) is 14.6 Å². The number of nitrogens with zero attached hydrogens (tertiary/aromatic N) is 2. The number of carbonyl (C=O) groups excluding carboxylic acids is 1. The lowest BCUT2D eigenvalue weighted by molar-refractivity contribution is -0.116. The maximum Gasteiger partial charge on any atom is 0.226 e. The van der Waals surface area contributed by atoms with Crippen molar-refractivity contribution in [2.45, 2.75) is 31.7 Å². The van der Waals surface area contributed by atoms with Crippen LogP contribution in [-0.4, -0.2) is 56.9 Å². The van der Waals surface area contributed by atoms with Gasteiger partial charge in [0.1, 0.15) is 11.6 Å². The van der Waals surface area contributed by atoms with Gasteiger partial charge in [0, 0.05) is 29.5 Å². The number of sulfone groups is 1. The summed E-state index contributed by atoms with van der Waals surface area (Å²) in [6, 6.07) is 3.27. The van der Waals surface area contributed by atoms with Crippen molar-refractivity contribution in [3.05, 3.63) is 29.0 Å². The Morgan fingerprint density at radius 2 is 1.77 bits per heavy atom. The smallest absolute Gasteiger partial charge is 0.226 e. The zero-order valence-electron chi connectivity index (χ0n) is 17.4. The zero-order valence-corrected chi connectivity index (χ0v) is 18.2. The molecular formula is C20H25N3O6S. The molecule has 1 saturated heterocycles. The molecule has 3 heterocycles. The van der Waals surface area contributed by atoms with Crippen LogP contribution in [0.3, 0.4) is 0 Å². The summed E-state index contributed by atoms with van der Waals surface area (Å²) in [4.78, 5) is 12.6. The third kappa shape index (κ3) is 3.38. The molecule has 0 saturated carbocycles. The average Bonchev–Trinajstić information content (AvgIpc) is 3.25. The molecule has 4 rings (SSSR count). The van der Waals surface area contributed by atoms with E-state index in [4.69, 9.17) is 14.2 Å². The van der Waals surface area contributed by atoms with Gasteiger partial charge in [-0.2, -0.15) is 5.10 Å². The van der Waals surface area contributed by atoms with Gasteiger partial charge in [-0.15, -0.1) is 0 Å². The van der Waals surface area contributed by atoms with Gasteiger partial charge in [-0.25, -0.2) is 13.1 Å². The monoisotopic (exact) mass is 435 g/mol. The van der Waals surface area contributed by atoms with Gasteiger partial charge in [0.2, 0.25) is 5.91 Å². The number of rotatable bonds is 5. The van der Waals surface area contributed by atoms with E-state index >= 15 is 0 Å². The molecule has 0 unspecified atom stereocenters. The van der Waals surface area contributed by atoms with Crippen LogP contribution >= 0.6 is 0 Å². The summed E-state index contributed by atoms with van der Waals surface area (Å²) in [6.45, 7) is 1.87. The highest BCUT2D eigenvalue weighted by Gasteiger charge is 2.38. The lowest BCUT2D eigenvalue weighted by Crippen LogP contribution is -2.26. The van der Waals surface area contributed by atoms with Crippen molar-refractivity contribution in [3.8, 4) is 17.2 Å². The maximum absolute atomic E-state index is 12.6. The molecule has 9 nitrogen and oxygen atoms in total. The van der Waals surface area contributed by atoms with Gasteiger partial charge in [0.25, 0.3) is 0 Å². The minimum atomic E-state index is -3.09. The van der Waals surface area contributed by atoms with Crippen LogP contribution < -0.4 is 19.5 Å². The fourth-order valence-electron chi connectivity index (χ4n) is 4.40. The first-order chi connectivity index (χ1) is 14.3. The summed E-state index contributed by atoms with van der Waals surface area (Å²) in [5.74, 6) is 1.89. The van der Waals surface area contributed by atoms with Crippen molar-refractivity contribution in [2.24, 2.45) is 0 Å². The van der Waals surface area contributed by atoms with Crippen molar-refractivity contribution in [1.29, 1.82) is 0 Å². The topological polar surface area (TPSA) is 109 Å². The number of fused-ring (bicyclic) bond motifs is 1. The molecule has 162 valence electrons. The second-order valence-corrected chi connectivity index (χ2v) is 9.83. The predicted octanol–water partition coefficient (Wildman–Crippen LogP) is 2.05. The summed E-state index contributed by atoms with van der Waals surface area (Å²) in [5, 5.41) is 7.53. The van der Waals surface area contributed by atoms with Crippen molar-refractivity contribution >= 4 is 21.6 Å².